The molecule has 0 saturated heterocycles. The number of hydrogen-bond donors (Lipinski definition) is 0. The highest BCUT2D eigenvalue weighted by molar-refractivity contribution is 5.85. The smallest absolute Gasteiger partial charge is 0.303 e. The second-order valence-corrected chi connectivity index (χ2v) is 5.18. The maximum Gasteiger partial charge on any atom is 0.303 e. The third kappa shape index (κ3) is 2.59. The average molecular weight is 273 g/mol. The van der Waals surface area contributed by atoms with Gasteiger partial charge in [0, 0.05) is 30.1 Å². The number of carbonyl (C=O) groups is 1. The summed E-state index contributed by atoms with van der Waals surface area (Å²) in [6, 6.07) is 7.53. The van der Waals surface area contributed by atoms with E-state index in [0.717, 1.165) is 10.9 Å². The number of carbonyl (C=O) groups excluding carboxylic acids is 1. The van der Waals surface area contributed by atoms with Gasteiger partial charge < -0.3 is 9.30 Å². The first-order valence-electron chi connectivity index (χ1n) is 6.72. The number of esters is 1. The van der Waals surface area contributed by atoms with Crippen molar-refractivity contribution in [1.29, 1.82) is 0 Å². The Morgan fingerprint density at radius 3 is 2.45 bits per heavy atom. The number of fused-ring (bicyclic) bond motifs is 1. The van der Waals surface area contributed by atoms with Crippen molar-refractivity contribution in [3.63, 3.8) is 0 Å². The van der Waals surface area contributed by atoms with Crippen molar-refractivity contribution in [1.82, 2.24) is 4.57 Å². The summed E-state index contributed by atoms with van der Waals surface area (Å²) in [5.41, 5.74) is 0.833. The van der Waals surface area contributed by atoms with E-state index in [1.54, 1.807) is 16.8 Å². The zero-order valence-corrected chi connectivity index (χ0v) is 12.2. The molecular weight excluding hydrogens is 254 g/mol. The lowest BCUT2D eigenvalue weighted by molar-refractivity contribution is -0.145. The Bertz CT molecular complexity index is 700. The standard InChI is InChI=1S/C16H19NO3/c1-10(2)17-9-8-14-13(11(3)20-12(4)18)6-5-7-15(14)16(17)19/h5-11H,1-4H3. The predicted molar refractivity (Wildman–Crippen MR) is 78.8 cm³/mol. The van der Waals surface area contributed by atoms with E-state index < -0.39 is 0 Å². The molecule has 0 N–H and O–H groups in total. The molecule has 1 atom stereocenters. The fourth-order valence-electron chi connectivity index (χ4n) is 2.39. The van der Waals surface area contributed by atoms with Gasteiger partial charge in [0.05, 0.1) is 0 Å². The average Bonchev–Trinajstić information content (AvgIpc) is 2.37. The Balaban J connectivity index is 2.62. The van der Waals surface area contributed by atoms with Crippen molar-refractivity contribution in [2.24, 2.45) is 0 Å². The van der Waals surface area contributed by atoms with E-state index >= 15 is 0 Å². The van der Waals surface area contributed by atoms with Gasteiger partial charge in [-0.05, 0) is 38.3 Å². The van der Waals surface area contributed by atoms with Gasteiger partial charge in [0.1, 0.15) is 6.10 Å². The van der Waals surface area contributed by atoms with E-state index in [1.165, 1.54) is 6.92 Å². The van der Waals surface area contributed by atoms with Crippen LogP contribution in [0.15, 0.2) is 35.3 Å². The Morgan fingerprint density at radius 1 is 1.15 bits per heavy atom. The molecule has 4 heteroatoms. The Morgan fingerprint density at radius 2 is 1.85 bits per heavy atom. The summed E-state index contributed by atoms with van der Waals surface area (Å²) in [7, 11) is 0. The van der Waals surface area contributed by atoms with Gasteiger partial charge >= 0.3 is 5.97 Å². The van der Waals surface area contributed by atoms with Gasteiger partial charge in [-0.3, -0.25) is 9.59 Å². The Kier molecular flexibility index (Phi) is 3.93. The second-order valence-electron chi connectivity index (χ2n) is 5.18. The van der Waals surface area contributed by atoms with Gasteiger partial charge in [-0.1, -0.05) is 12.1 Å². The van der Waals surface area contributed by atoms with Crippen LogP contribution in [0.25, 0.3) is 10.8 Å². The molecular formula is C16H19NO3. The summed E-state index contributed by atoms with van der Waals surface area (Å²) < 4.78 is 6.91. The number of aromatic nitrogens is 1. The van der Waals surface area contributed by atoms with Crippen LogP contribution in [0.2, 0.25) is 0 Å². The quantitative estimate of drug-likeness (QED) is 0.807. The van der Waals surface area contributed by atoms with Gasteiger partial charge in [-0.15, -0.1) is 0 Å². The topological polar surface area (TPSA) is 48.3 Å². The number of pyridine rings is 1. The zero-order valence-electron chi connectivity index (χ0n) is 12.2. The molecule has 1 heterocycles. The molecule has 0 amide bonds. The number of rotatable bonds is 3. The molecule has 0 radical (unpaired) electrons. The lowest BCUT2D eigenvalue weighted by Crippen LogP contribution is -2.21. The van der Waals surface area contributed by atoms with E-state index in [0.29, 0.717) is 5.39 Å². The summed E-state index contributed by atoms with van der Waals surface area (Å²) in [4.78, 5) is 23.5. The van der Waals surface area contributed by atoms with Crippen LogP contribution in [-0.4, -0.2) is 10.5 Å². The molecule has 0 aliphatic carbocycles. The van der Waals surface area contributed by atoms with Gasteiger partial charge in [-0.25, -0.2) is 0 Å². The van der Waals surface area contributed by atoms with Crippen molar-refractivity contribution < 1.29 is 9.53 Å². The van der Waals surface area contributed by atoms with Crippen LogP contribution < -0.4 is 5.56 Å². The fraction of sp³-hybridized carbons (Fsp3) is 0.375. The molecule has 0 bridgehead atoms. The molecule has 2 aromatic rings. The number of ether oxygens (including phenoxy) is 1. The van der Waals surface area contributed by atoms with E-state index in [4.69, 9.17) is 4.74 Å². The van der Waals surface area contributed by atoms with Crippen LogP contribution in [0.3, 0.4) is 0 Å². The molecule has 4 nitrogen and oxygen atoms in total. The minimum Gasteiger partial charge on any atom is -0.458 e. The molecule has 1 aromatic carbocycles. The van der Waals surface area contributed by atoms with Crippen molar-refractivity contribution >= 4 is 16.7 Å². The van der Waals surface area contributed by atoms with Gasteiger partial charge in [0.2, 0.25) is 0 Å². The van der Waals surface area contributed by atoms with Crippen LogP contribution >= 0.6 is 0 Å². The summed E-state index contributed by atoms with van der Waals surface area (Å²) in [6.45, 7) is 7.13. The number of hydrogen-bond acceptors (Lipinski definition) is 3. The molecule has 1 unspecified atom stereocenters. The summed E-state index contributed by atoms with van der Waals surface area (Å²) in [5.74, 6) is -0.329. The molecule has 1 aromatic heterocycles. The highest BCUT2D eigenvalue weighted by Gasteiger charge is 2.14. The van der Waals surface area contributed by atoms with Crippen molar-refractivity contribution in [3.8, 4) is 0 Å². The predicted octanol–water partition coefficient (Wildman–Crippen LogP) is 3.21. The van der Waals surface area contributed by atoms with Crippen molar-refractivity contribution in [2.45, 2.75) is 39.8 Å². The first-order chi connectivity index (χ1) is 9.41. The third-order valence-corrected chi connectivity index (χ3v) is 3.34. The Hall–Kier alpha value is -2.10. The van der Waals surface area contributed by atoms with E-state index in [9.17, 15) is 9.59 Å². The number of benzene rings is 1. The van der Waals surface area contributed by atoms with Crippen LogP contribution in [-0.2, 0) is 9.53 Å². The molecule has 20 heavy (non-hydrogen) atoms. The van der Waals surface area contributed by atoms with Crippen LogP contribution in [0.4, 0.5) is 0 Å². The highest BCUT2D eigenvalue weighted by Crippen LogP contribution is 2.25. The maximum absolute atomic E-state index is 12.4. The molecule has 0 fully saturated rings. The fourth-order valence-corrected chi connectivity index (χ4v) is 2.39. The van der Waals surface area contributed by atoms with E-state index in [-0.39, 0.29) is 23.7 Å². The molecule has 0 saturated carbocycles. The van der Waals surface area contributed by atoms with Gasteiger partial charge in [0.15, 0.2) is 0 Å². The van der Waals surface area contributed by atoms with Gasteiger partial charge in [-0.2, -0.15) is 0 Å². The highest BCUT2D eigenvalue weighted by atomic mass is 16.5. The van der Waals surface area contributed by atoms with E-state index in [1.807, 2.05) is 39.0 Å². The normalized spacial score (nSPS) is 12.7. The first-order valence-corrected chi connectivity index (χ1v) is 6.72. The summed E-state index contributed by atoms with van der Waals surface area (Å²) in [5, 5.41) is 1.49. The van der Waals surface area contributed by atoms with Gasteiger partial charge in [0.25, 0.3) is 5.56 Å². The lowest BCUT2D eigenvalue weighted by atomic mass is 10.0. The van der Waals surface area contributed by atoms with E-state index in [2.05, 4.69) is 0 Å². The monoisotopic (exact) mass is 273 g/mol. The first kappa shape index (κ1) is 14.3. The lowest BCUT2D eigenvalue weighted by Gasteiger charge is -2.16. The number of nitrogens with zero attached hydrogens (tertiary/aromatic N) is 1. The molecule has 0 aliphatic heterocycles. The minimum absolute atomic E-state index is 0.0191. The molecule has 0 spiro atoms. The molecule has 2 rings (SSSR count). The molecule has 106 valence electrons. The largest absolute Gasteiger partial charge is 0.458 e. The summed E-state index contributed by atoms with van der Waals surface area (Å²) in [6.07, 6.45) is 1.42. The maximum atomic E-state index is 12.4. The molecule has 0 aliphatic rings. The third-order valence-electron chi connectivity index (χ3n) is 3.34. The van der Waals surface area contributed by atoms with Crippen molar-refractivity contribution in [2.75, 3.05) is 0 Å². The van der Waals surface area contributed by atoms with Crippen molar-refractivity contribution in [3.05, 3.63) is 46.4 Å². The Labute approximate surface area is 118 Å². The summed E-state index contributed by atoms with van der Waals surface area (Å²) >= 11 is 0. The zero-order chi connectivity index (χ0) is 14.9. The van der Waals surface area contributed by atoms with Crippen LogP contribution in [0.1, 0.15) is 45.4 Å². The van der Waals surface area contributed by atoms with Crippen LogP contribution in [0, 0.1) is 0 Å². The second kappa shape index (κ2) is 5.49. The SMILES string of the molecule is CC(=O)OC(C)c1cccc2c(=O)n(C(C)C)ccc12. The van der Waals surface area contributed by atoms with Crippen LogP contribution in [0.5, 0.6) is 0 Å². The minimum atomic E-state index is -0.370.